The molecule has 3 aromatic rings. The highest BCUT2D eigenvalue weighted by Gasteiger charge is 2.52. The maximum atomic E-state index is 13.0. The highest BCUT2D eigenvalue weighted by molar-refractivity contribution is 8.01. The van der Waals surface area contributed by atoms with Gasteiger partial charge in [-0.25, -0.2) is 4.98 Å². The number of para-hydroxylation sites is 1. The third-order valence-electron chi connectivity index (χ3n) is 4.94. The molecule has 1 saturated carbocycles. The Morgan fingerprint density at radius 1 is 1.18 bits per heavy atom. The molecule has 6 nitrogen and oxygen atoms in total. The molecule has 0 unspecified atom stereocenters. The minimum atomic E-state index is -0.510. The summed E-state index contributed by atoms with van der Waals surface area (Å²) in [7, 11) is 0. The van der Waals surface area contributed by atoms with Crippen LogP contribution in [0.25, 0.3) is 0 Å². The number of nitrogens with zero attached hydrogens (tertiary/aromatic N) is 1. The normalized spacial score (nSPS) is 16.0. The minimum absolute atomic E-state index is 0.0310. The van der Waals surface area contributed by atoms with Crippen LogP contribution in [0.5, 0.6) is 11.5 Å². The summed E-state index contributed by atoms with van der Waals surface area (Å²) in [5.41, 5.74) is 7.17. The zero-order chi connectivity index (χ0) is 19.1. The van der Waals surface area contributed by atoms with Crippen molar-refractivity contribution in [2.24, 2.45) is 0 Å². The first-order chi connectivity index (χ1) is 13.6. The molecular formula is C20H17N3O3S2. The summed E-state index contributed by atoms with van der Waals surface area (Å²) >= 11 is 2.99. The van der Waals surface area contributed by atoms with Crippen LogP contribution < -0.4 is 20.5 Å². The third kappa shape index (κ3) is 3.08. The number of benzene rings is 2. The van der Waals surface area contributed by atoms with E-state index in [2.05, 4.69) is 10.3 Å². The number of carbonyl (C=O) groups excluding carboxylic acids is 1. The van der Waals surface area contributed by atoms with Gasteiger partial charge in [-0.05, 0) is 42.7 Å². The fourth-order valence-electron chi connectivity index (χ4n) is 3.23. The smallest absolute Gasteiger partial charge is 0.236 e. The molecule has 2 heterocycles. The highest BCUT2D eigenvalue weighted by Crippen LogP contribution is 2.51. The van der Waals surface area contributed by atoms with Gasteiger partial charge in [0.25, 0.3) is 0 Å². The second-order valence-electron chi connectivity index (χ2n) is 6.73. The Morgan fingerprint density at radius 3 is 2.82 bits per heavy atom. The first-order valence-electron chi connectivity index (χ1n) is 8.84. The van der Waals surface area contributed by atoms with E-state index in [1.54, 1.807) is 18.0 Å². The van der Waals surface area contributed by atoms with Crippen LogP contribution >= 0.6 is 23.1 Å². The molecule has 1 aliphatic carbocycles. The number of fused-ring (bicyclic) bond motifs is 1. The molecule has 0 radical (unpaired) electrons. The Balaban J connectivity index is 1.31. The van der Waals surface area contributed by atoms with Crippen LogP contribution in [-0.4, -0.2) is 17.7 Å². The topological polar surface area (TPSA) is 86.5 Å². The largest absolute Gasteiger partial charge is 0.454 e. The quantitative estimate of drug-likeness (QED) is 0.610. The lowest BCUT2D eigenvalue weighted by molar-refractivity contribution is -0.118. The number of rotatable bonds is 5. The van der Waals surface area contributed by atoms with Crippen LogP contribution in [0.4, 0.5) is 10.8 Å². The number of hydrogen-bond acceptors (Lipinski definition) is 7. The Labute approximate surface area is 170 Å². The van der Waals surface area contributed by atoms with Crippen molar-refractivity contribution in [1.82, 2.24) is 4.98 Å². The predicted molar refractivity (Wildman–Crippen MR) is 109 cm³/mol. The fraction of sp³-hybridized carbons (Fsp3) is 0.200. The summed E-state index contributed by atoms with van der Waals surface area (Å²) in [6, 6.07) is 13.4. The van der Waals surface area contributed by atoms with E-state index in [1.807, 2.05) is 42.5 Å². The van der Waals surface area contributed by atoms with Crippen LogP contribution in [0.3, 0.4) is 0 Å². The summed E-state index contributed by atoms with van der Waals surface area (Å²) < 4.78 is 11.8. The van der Waals surface area contributed by atoms with E-state index in [0.717, 1.165) is 38.9 Å². The van der Waals surface area contributed by atoms with Crippen molar-refractivity contribution >= 4 is 39.8 Å². The van der Waals surface area contributed by atoms with Gasteiger partial charge in [0.05, 0.1) is 15.8 Å². The molecule has 1 aromatic heterocycles. The lowest BCUT2D eigenvalue weighted by Crippen LogP contribution is -2.27. The van der Waals surface area contributed by atoms with Gasteiger partial charge in [0.15, 0.2) is 16.6 Å². The third-order valence-corrected chi connectivity index (χ3v) is 7.05. The summed E-state index contributed by atoms with van der Waals surface area (Å²) in [6.45, 7) is 0.226. The first-order valence-corrected chi connectivity index (χ1v) is 10.5. The van der Waals surface area contributed by atoms with E-state index >= 15 is 0 Å². The van der Waals surface area contributed by atoms with Crippen molar-refractivity contribution in [3.63, 3.8) is 0 Å². The summed E-state index contributed by atoms with van der Waals surface area (Å²) in [5.74, 6) is 1.39. The van der Waals surface area contributed by atoms with Crippen LogP contribution in [0.15, 0.2) is 57.8 Å². The van der Waals surface area contributed by atoms with Crippen LogP contribution in [0.2, 0.25) is 0 Å². The lowest BCUT2D eigenvalue weighted by atomic mass is 9.94. The number of nitrogens with two attached hydrogens (primary N) is 1. The average Bonchev–Trinajstić information content (AvgIpc) is 3.18. The van der Waals surface area contributed by atoms with Crippen molar-refractivity contribution in [1.29, 1.82) is 0 Å². The number of hydrogen-bond donors (Lipinski definition) is 2. The molecule has 2 aromatic carbocycles. The molecule has 1 aliphatic heterocycles. The van der Waals surface area contributed by atoms with E-state index in [-0.39, 0.29) is 12.7 Å². The number of nitrogen functional groups attached to an aromatic ring is 1. The molecule has 1 amide bonds. The van der Waals surface area contributed by atoms with E-state index in [9.17, 15) is 4.79 Å². The fourth-order valence-corrected chi connectivity index (χ4v) is 5.10. The zero-order valence-electron chi connectivity index (χ0n) is 14.8. The van der Waals surface area contributed by atoms with Crippen molar-refractivity contribution in [3.8, 4) is 11.5 Å². The summed E-state index contributed by atoms with van der Waals surface area (Å²) in [5, 5.41) is 3.58. The highest BCUT2D eigenvalue weighted by atomic mass is 32.2. The summed E-state index contributed by atoms with van der Waals surface area (Å²) in [4.78, 5) is 18.3. The Kier molecular flexibility index (Phi) is 4.17. The van der Waals surface area contributed by atoms with Gasteiger partial charge in [0, 0.05) is 10.6 Å². The molecule has 142 valence electrons. The molecule has 5 rings (SSSR count). The van der Waals surface area contributed by atoms with E-state index in [0.29, 0.717) is 10.9 Å². The SMILES string of the molecule is Nc1ccccc1Sc1cnc(NC(=O)C2(c3ccc4c(c3)OCO4)CC2)s1. The number of aromatic nitrogens is 1. The van der Waals surface area contributed by atoms with E-state index in [1.165, 1.54) is 11.3 Å². The second-order valence-corrected chi connectivity index (χ2v) is 9.10. The Hall–Kier alpha value is -2.71. The van der Waals surface area contributed by atoms with Crippen molar-refractivity contribution < 1.29 is 14.3 Å². The van der Waals surface area contributed by atoms with E-state index < -0.39 is 5.41 Å². The summed E-state index contributed by atoms with van der Waals surface area (Å²) in [6.07, 6.45) is 3.38. The number of nitrogens with one attached hydrogen (secondary N) is 1. The molecule has 1 fully saturated rings. The van der Waals surface area contributed by atoms with Crippen LogP contribution in [-0.2, 0) is 10.2 Å². The van der Waals surface area contributed by atoms with Gasteiger partial charge >= 0.3 is 0 Å². The number of thiazole rings is 1. The molecule has 2 aliphatic rings. The van der Waals surface area contributed by atoms with Gasteiger partial charge in [-0.15, -0.1) is 0 Å². The average molecular weight is 412 g/mol. The lowest BCUT2D eigenvalue weighted by Gasteiger charge is -2.15. The molecule has 0 bridgehead atoms. The van der Waals surface area contributed by atoms with Gasteiger partial charge in [0.1, 0.15) is 0 Å². The van der Waals surface area contributed by atoms with Gasteiger partial charge in [-0.2, -0.15) is 0 Å². The second kappa shape index (κ2) is 6.72. The van der Waals surface area contributed by atoms with Gasteiger partial charge in [0.2, 0.25) is 12.7 Å². The predicted octanol–water partition coefficient (Wildman–Crippen LogP) is 4.28. The molecule has 3 N–H and O–H groups in total. The number of ether oxygens (including phenoxy) is 2. The van der Waals surface area contributed by atoms with Crippen molar-refractivity contribution in [2.45, 2.75) is 27.4 Å². The minimum Gasteiger partial charge on any atom is -0.454 e. The molecule has 28 heavy (non-hydrogen) atoms. The van der Waals surface area contributed by atoms with Crippen LogP contribution in [0, 0.1) is 0 Å². The maximum Gasteiger partial charge on any atom is 0.236 e. The van der Waals surface area contributed by atoms with Crippen LogP contribution in [0.1, 0.15) is 18.4 Å². The molecule has 8 heteroatoms. The Bertz CT molecular complexity index is 1060. The molecule has 0 spiro atoms. The number of anilines is 2. The number of carbonyl (C=O) groups is 1. The first kappa shape index (κ1) is 17.4. The monoisotopic (exact) mass is 411 g/mol. The standard InChI is InChI=1S/C20H17N3O3S2/c21-13-3-1-2-4-16(13)27-17-10-22-19(28-17)23-18(24)20(7-8-20)12-5-6-14-15(9-12)26-11-25-14/h1-6,9-10H,7-8,11,21H2,(H,22,23,24). The molecule has 0 atom stereocenters. The molecular weight excluding hydrogens is 394 g/mol. The van der Waals surface area contributed by atoms with Crippen molar-refractivity contribution in [3.05, 3.63) is 54.2 Å². The maximum absolute atomic E-state index is 13.0. The van der Waals surface area contributed by atoms with Crippen molar-refractivity contribution in [2.75, 3.05) is 17.8 Å². The van der Waals surface area contributed by atoms with Gasteiger partial charge in [-0.3, -0.25) is 4.79 Å². The van der Waals surface area contributed by atoms with Gasteiger partial charge in [-0.1, -0.05) is 41.3 Å². The van der Waals surface area contributed by atoms with E-state index in [4.69, 9.17) is 15.2 Å². The number of amides is 1. The Morgan fingerprint density at radius 2 is 2.00 bits per heavy atom. The van der Waals surface area contributed by atoms with Gasteiger partial charge < -0.3 is 20.5 Å². The zero-order valence-corrected chi connectivity index (χ0v) is 16.4. The molecule has 0 saturated heterocycles.